The monoisotopic (exact) mass is 421 g/mol. The zero-order valence-electron chi connectivity index (χ0n) is 18.7. The summed E-state index contributed by atoms with van der Waals surface area (Å²) < 4.78 is 0. The Kier molecular flexibility index (Phi) is 6.41. The summed E-state index contributed by atoms with van der Waals surface area (Å²) in [5.74, 6) is 0.315. The minimum atomic E-state index is -0.0991. The second-order valence-electron chi connectivity index (χ2n) is 8.08. The van der Waals surface area contributed by atoms with E-state index in [1.54, 1.807) is 12.4 Å². The van der Waals surface area contributed by atoms with Gasteiger partial charge in [-0.25, -0.2) is 0 Å². The van der Waals surface area contributed by atoms with Crippen molar-refractivity contribution in [1.82, 2.24) is 15.3 Å². The van der Waals surface area contributed by atoms with E-state index in [2.05, 4.69) is 59.5 Å². The summed E-state index contributed by atoms with van der Waals surface area (Å²) >= 11 is 0. The van der Waals surface area contributed by atoms with Crippen LogP contribution in [-0.2, 0) is 4.79 Å². The van der Waals surface area contributed by atoms with Gasteiger partial charge in [-0.15, -0.1) is 0 Å². The highest BCUT2D eigenvalue weighted by atomic mass is 16.1. The molecule has 0 saturated carbocycles. The van der Waals surface area contributed by atoms with E-state index in [1.165, 1.54) is 5.56 Å². The Morgan fingerprint density at radius 1 is 1.00 bits per heavy atom. The predicted molar refractivity (Wildman–Crippen MR) is 132 cm³/mol. The minimum Gasteiger partial charge on any atom is -0.352 e. The van der Waals surface area contributed by atoms with Gasteiger partial charge in [0, 0.05) is 41.7 Å². The van der Waals surface area contributed by atoms with E-state index >= 15 is 0 Å². The molecule has 0 bridgehead atoms. The van der Waals surface area contributed by atoms with Gasteiger partial charge in [-0.2, -0.15) is 0 Å². The molecule has 32 heavy (non-hydrogen) atoms. The van der Waals surface area contributed by atoms with Crippen LogP contribution in [0.2, 0.25) is 0 Å². The summed E-state index contributed by atoms with van der Waals surface area (Å²) in [6.45, 7) is 6.89. The fourth-order valence-electron chi connectivity index (χ4n) is 3.80. The van der Waals surface area contributed by atoms with Gasteiger partial charge < -0.3 is 5.32 Å². The molecule has 0 spiro atoms. The molecule has 1 amide bonds. The number of nitrogens with zero attached hydrogens (tertiary/aromatic N) is 2. The van der Waals surface area contributed by atoms with Crippen LogP contribution in [0.5, 0.6) is 0 Å². The van der Waals surface area contributed by atoms with Crippen molar-refractivity contribution in [2.75, 3.05) is 6.54 Å². The molecule has 0 aliphatic heterocycles. The molecule has 4 nitrogen and oxygen atoms in total. The largest absolute Gasteiger partial charge is 0.352 e. The summed E-state index contributed by atoms with van der Waals surface area (Å²) in [4.78, 5) is 21.5. The minimum absolute atomic E-state index is 0.0991. The molecule has 0 unspecified atom stereocenters. The lowest BCUT2D eigenvalue weighted by molar-refractivity contribution is -0.115. The molecular formula is C28H27N3O. The third-order valence-corrected chi connectivity index (χ3v) is 5.48. The van der Waals surface area contributed by atoms with Crippen molar-refractivity contribution in [3.05, 3.63) is 95.9 Å². The van der Waals surface area contributed by atoms with E-state index < -0.39 is 0 Å². The first-order valence-corrected chi connectivity index (χ1v) is 11.0. The first-order valence-electron chi connectivity index (χ1n) is 11.0. The molecule has 2 aromatic carbocycles. The summed E-state index contributed by atoms with van der Waals surface area (Å²) in [6.07, 6.45) is 7.18. The number of hydrogen-bond donors (Lipinski definition) is 1. The van der Waals surface area contributed by atoms with Crippen molar-refractivity contribution in [1.29, 1.82) is 0 Å². The number of carbonyl (C=O) groups excluding carboxylic acids is 1. The maximum Gasteiger partial charge on any atom is 0.251 e. The summed E-state index contributed by atoms with van der Waals surface area (Å²) in [7, 11) is 0. The van der Waals surface area contributed by atoms with Crippen LogP contribution in [-0.4, -0.2) is 22.4 Å². The van der Waals surface area contributed by atoms with Crippen LogP contribution >= 0.6 is 0 Å². The molecule has 0 fully saturated rings. The van der Waals surface area contributed by atoms with Crippen LogP contribution in [0.4, 0.5) is 0 Å². The van der Waals surface area contributed by atoms with Crippen LogP contribution in [0.15, 0.2) is 79.3 Å². The first kappa shape index (κ1) is 21.4. The van der Waals surface area contributed by atoms with Crippen molar-refractivity contribution < 1.29 is 4.79 Å². The molecule has 160 valence electrons. The third kappa shape index (κ3) is 4.59. The van der Waals surface area contributed by atoms with Gasteiger partial charge in [0.1, 0.15) is 0 Å². The molecule has 0 aliphatic rings. The highest BCUT2D eigenvalue weighted by Crippen LogP contribution is 2.32. The molecule has 0 aliphatic carbocycles. The lowest BCUT2D eigenvalue weighted by Gasteiger charge is -2.13. The van der Waals surface area contributed by atoms with Crippen LogP contribution in [0.25, 0.3) is 33.7 Å². The predicted octanol–water partition coefficient (Wildman–Crippen LogP) is 6.10. The smallest absolute Gasteiger partial charge is 0.251 e. The van der Waals surface area contributed by atoms with Gasteiger partial charge in [-0.05, 0) is 77.6 Å². The highest BCUT2D eigenvalue weighted by molar-refractivity contribution is 6.24. The van der Waals surface area contributed by atoms with E-state index in [9.17, 15) is 4.79 Å². The zero-order chi connectivity index (χ0) is 22.5. The van der Waals surface area contributed by atoms with Crippen LogP contribution < -0.4 is 5.32 Å². The van der Waals surface area contributed by atoms with Gasteiger partial charge in [0.2, 0.25) is 0 Å². The van der Waals surface area contributed by atoms with Crippen LogP contribution in [0.3, 0.4) is 0 Å². The second-order valence-corrected chi connectivity index (χ2v) is 8.08. The fourth-order valence-corrected chi connectivity index (χ4v) is 3.80. The second kappa shape index (κ2) is 9.56. The van der Waals surface area contributed by atoms with E-state index in [0.29, 0.717) is 18.0 Å². The van der Waals surface area contributed by atoms with E-state index in [-0.39, 0.29) is 5.91 Å². The van der Waals surface area contributed by atoms with E-state index in [1.807, 2.05) is 49.5 Å². The Balaban J connectivity index is 1.84. The average Bonchev–Trinajstić information content (AvgIpc) is 2.82. The maximum atomic E-state index is 12.8. The summed E-state index contributed by atoms with van der Waals surface area (Å²) in [6, 6.07) is 20.5. The van der Waals surface area contributed by atoms with Gasteiger partial charge in [-0.1, -0.05) is 38.1 Å². The fraction of sp³-hybridized carbons (Fsp3) is 0.179. The SMILES string of the molecule is CCNC(=O)/C(=C\c1cccc(-c2cc(C(C)C)cc3cccnc23)c1)c1ccncc1. The molecule has 2 heterocycles. The number of fused-ring (bicyclic) bond motifs is 1. The van der Waals surface area contributed by atoms with E-state index in [0.717, 1.165) is 33.2 Å². The van der Waals surface area contributed by atoms with Gasteiger partial charge in [0.05, 0.1) is 5.52 Å². The maximum absolute atomic E-state index is 12.8. The molecular weight excluding hydrogens is 394 g/mol. The number of carbonyl (C=O) groups is 1. The third-order valence-electron chi connectivity index (χ3n) is 5.48. The number of aromatic nitrogens is 2. The lowest BCUT2D eigenvalue weighted by Crippen LogP contribution is -2.23. The Bertz CT molecular complexity index is 1280. The Hall–Kier alpha value is -3.79. The van der Waals surface area contributed by atoms with E-state index in [4.69, 9.17) is 0 Å². The first-order chi connectivity index (χ1) is 15.6. The Labute approximate surface area is 189 Å². The number of benzene rings is 2. The topological polar surface area (TPSA) is 54.9 Å². The van der Waals surface area contributed by atoms with Crippen LogP contribution in [0.1, 0.15) is 43.4 Å². The van der Waals surface area contributed by atoms with Gasteiger partial charge >= 0.3 is 0 Å². The number of pyridine rings is 2. The van der Waals surface area contributed by atoms with Gasteiger partial charge in [0.15, 0.2) is 0 Å². The van der Waals surface area contributed by atoms with Gasteiger partial charge in [-0.3, -0.25) is 14.8 Å². The molecule has 0 atom stereocenters. The van der Waals surface area contributed by atoms with Crippen molar-refractivity contribution in [3.63, 3.8) is 0 Å². The molecule has 4 heteroatoms. The normalized spacial score (nSPS) is 11.7. The standard InChI is InChI=1S/C28H27N3O/c1-4-30-28(32)26(21-10-13-29-14-11-21)16-20-7-5-8-22(15-20)25-18-24(19(2)3)17-23-9-6-12-31-27(23)25/h5-19H,4H2,1-3H3,(H,30,32)/b26-16-. The molecule has 2 aromatic heterocycles. The quantitative estimate of drug-likeness (QED) is 0.383. The lowest BCUT2D eigenvalue weighted by atomic mass is 9.93. The molecule has 4 aromatic rings. The molecule has 0 saturated heterocycles. The average molecular weight is 422 g/mol. The number of rotatable bonds is 6. The molecule has 0 radical (unpaired) electrons. The summed E-state index contributed by atoms with van der Waals surface area (Å²) in [5, 5.41) is 4.05. The Morgan fingerprint density at radius 3 is 2.56 bits per heavy atom. The highest BCUT2D eigenvalue weighted by Gasteiger charge is 2.13. The van der Waals surface area contributed by atoms with Crippen molar-refractivity contribution in [2.24, 2.45) is 0 Å². The summed E-state index contributed by atoms with van der Waals surface area (Å²) in [5.41, 5.74) is 6.85. The van der Waals surface area contributed by atoms with Crippen molar-refractivity contribution >= 4 is 28.5 Å². The van der Waals surface area contributed by atoms with Crippen molar-refractivity contribution in [2.45, 2.75) is 26.7 Å². The van der Waals surface area contributed by atoms with Crippen molar-refractivity contribution in [3.8, 4) is 11.1 Å². The molecule has 4 rings (SSSR count). The number of hydrogen-bond acceptors (Lipinski definition) is 3. The number of likely N-dealkylation sites (N-methyl/N-ethyl adjacent to an activating group) is 1. The Morgan fingerprint density at radius 2 is 1.81 bits per heavy atom. The number of nitrogens with one attached hydrogen (secondary N) is 1. The number of amides is 1. The molecule has 1 N–H and O–H groups in total. The van der Waals surface area contributed by atoms with Crippen LogP contribution in [0, 0.1) is 0 Å². The van der Waals surface area contributed by atoms with Gasteiger partial charge in [0.25, 0.3) is 5.91 Å². The zero-order valence-corrected chi connectivity index (χ0v) is 18.7.